The van der Waals surface area contributed by atoms with Crippen molar-refractivity contribution in [3.8, 4) is 0 Å². The molecule has 0 aliphatic heterocycles. The van der Waals surface area contributed by atoms with Gasteiger partial charge in [-0.2, -0.15) is 8.42 Å². The van der Waals surface area contributed by atoms with Gasteiger partial charge in [0.2, 0.25) is 0 Å². The third-order valence-electron chi connectivity index (χ3n) is 5.33. The second-order valence-electron chi connectivity index (χ2n) is 8.53. The number of carbonyl (C=O) groups is 1. The van der Waals surface area contributed by atoms with Crippen molar-refractivity contribution in [1.29, 1.82) is 0 Å². The Balaban J connectivity index is 1.35. The molecule has 2 rings (SSSR count). The van der Waals surface area contributed by atoms with E-state index in [0.717, 1.165) is 30.6 Å². The van der Waals surface area contributed by atoms with Crippen LogP contribution in [0.2, 0.25) is 0 Å². The Morgan fingerprint density at radius 3 is 1.77 bits per heavy atom. The Labute approximate surface area is 232 Å². The fourth-order valence-electron chi connectivity index (χ4n) is 3.15. The molecule has 0 aliphatic rings. The van der Waals surface area contributed by atoms with E-state index in [4.69, 9.17) is 27.9 Å². The van der Waals surface area contributed by atoms with E-state index in [1.807, 2.05) is 19.1 Å². The molecule has 218 valence electrons. The minimum atomic E-state index is -3.78. The minimum Gasteiger partial charge on any atom is -0.460 e. The summed E-state index contributed by atoms with van der Waals surface area (Å²) in [5.41, 5.74) is 2.46. The Bertz CT molecular complexity index is 1030. The largest absolute Gasteiger partial charge is 0.460 e. The van der Waals surface area contributed by atoms with Crippen molar-refractivity contribution in [2.24, 2.45) is 0 Å². The molecule has 0 atom stereocenters. The first-order valence-corrected chi connectivity index (χ1v) is 14.6. The fourth-order valence-corrected chi connectivity index (χ4v) is 4.04. The molecule has 0 saturated heterocycles. The number of carbonyl (C=O) groups excluding carboxylic acids is 1. The Hall–Kier alpha value is -2.54. The molecule has 0 aliphatic carbocycles. The number of nitrogens with one attached hydrogen (secondary N) is 1. The number of aryl methyl sites for hydroxylation is 1. The molecular formula is C28H41NO9S. The van der Waals surface area contributed by atoms with Crippen LogP contribution in [0.15, 0.2) is 53.4 Å². The number of esters is 1. The van der Waals surface area contributed by atoms with Crippen LogP contribution in [0.5, 0.6) is 0 Å². The van der Waals surface area contributed by atoms with Crippen LogP contribution in [0.1, 0.15) is 35.7 Å². The number of hydrogen-bond donors (Lipinski definition) is 1. The summed E-state index contributed by atoms with van der Waals surface area (Å²) < 4.78 is 55.8. The van der Waals surface area contributed by atoms with Crippen molar-refractivity contribution in [3.63, 3.8) is 0 Å². The Morgan fingerprint density at radius 2 is 1.23 bits per heavy atom. The van der Waals surface area contributed by atoms with Crippen LogP contribution in [-0.4, -0.2) is 87.0 Å². The number of rotatable bonds is 22. The van der Waals surface area contributed by atoms with Crippen LogP contribution in [0.3, 0.4) is 0 Å². The summed E-state index contributed by atoms with van der Waals surface area (Å²) in [6.45, 7) is 7.70. The van der Waals surface area contributed by atoms with Gasteiger partial charge in [-0.15, -0.1) is 0 Å². The average Bonchev–Trinajstić information content (AvgIpc) is 2.93. The molecule has 11 heteroatoms. The van der Waals surface area contributed by atoms with Crippen LogP contribution in [0.25, 0.3) is 0 Å². The molecule has 0 heterocycles. The van der Waals surface area contributed by atoms with Gasteiger partial charge in [0.25, 0.3) is 10.1 Å². The van der Waals surface area contributed by atoms with Crippen molar-refractivity contribution in [3.05, 3.63) is 59.7 Å². The highest BCUT2D eigenvalue weighted by molar-refractivity contribution is 7.86. The quantitative estimate of drug-likeness (QED) is 0.128. The molecule has 0 unspecified atom stereocenters. The fraction of sp³-hybridized carbons (Fsp3) is 0.536. The lowest BCUT2D eigenvalue weighted by Crippen LogP contribution is -2.15. The zero-order valence-electron chi connectivity index (χ0n) is 22.9. The molecular weight excluding hydrogens is 526 g/mol. The highest BCUT2D eigenvalue weighted by atomic mass is 32.2. The second kappa shape index (κ2) is 19.5. The molecule has 0 spiro atoms. The van der Waals surface area contributed by atoms with Crippen LogP contribution in [-0.2, 0) is 38.0 Å². The Morgan fingerprint density at radius 1 is 0.718 bits per heavy atom. The summed E-state index contributed by atoms with van der Waals surface area (Å²) in [5, 5.41) is 3.30. The first-order chi connectivity index (χ1) is 18.9. The van der Waals surface area contributed by atoms with Crippen molar-refractivity contribution in [2.45, 2.75) is 31.6 Å². The summed E-state index contributed by atoms with van der Waals surface area (Å²) in [6, 6.07) is 13.7. The molecule has 10 nitrogen and oxygen atoms in total. The first-order valence-electron chi connectivity index (χ1n) is 13.2. The summed E-state index contributed by atoms with van der Waals surface area (Å²) in [5.74, 6) is -0.379. The van der Waals surface area contributed by atoms with Gasteiger partial charge in [-0.3, -0.25) is 4.18 Å². The van der Waals surface area contributed by atoms with Crippen LogP contribution in [0, 0.1) is 6.92 Å². The van der Waals surface area contributed by atoms with E-state index in [-0.39, 0.29) is 37.3 Å². The van der Waals surface area contributed by atoms with E-state index in [1.54, 1.807) is 24.3 Å². The van der Waals surface area contributed by atoms with Crippen molar-refractivity contribution < 1.29 is 41.1 Å². The van der Waals surface area contributed by atoms with Gasteiger partial charge in [0.1, 0.15) is 6.61 Å². The first kappa shape index (κ1) is 32.7. The normalized spacial score (nSPS) is 11.4. The van der Waals surface area contributed by atoms with E-state index in [2.05, 4.69) is 12.2 Å². The highest BCUT2D eigenvalue weighted by Crippen LogP contribution is 2.13. The number of ether oxygens (including phenoxy) is 5. The monoisotopic (exact) mass is 567 g/mol. The lowest BCUT2D eigenvalue weighted by atomic mass is 10.2. The number of benzene rings is 2. The van der Waals surface area contributed by atoms with Crippen molar-refractivity contribution in [2.75, 3.05) is 77.9 Å². The Kier molecular flexibility index (Phi) is 16.3. The molecule has 0 bridgehead atoms. The van der Waals surface area contributed by atoms with E-state index < -0.39 is 10.1 Å². The van der Waals surface area contributed by atoms with Gasteiger partial charge in [-0.1, -0.05) is 31.0 Å². The summed E-state index contributed by atoms with van der Waals surface area (Å²) >= 11 is 0. The predicted molar refractivity (Wildman–Crippen MR) is 148 cm³/mol. The summed E-state index contributed by atoms with van der Waals surface area (Å²) in [4.78, 5) is 12.2. The molecule has 0 aromatic heterocycles. The van der Waals surface area contributed by atoms with E-state index >= 15 is 0 Å². The smallest absolute Gasteiger partial charge is 0.338 e. The maximum atomic E-state index is 12.1. The van der Waals surface area contributed by atoms with Gasteiger partial charge in [0.15, 0.2) is 0 Å². The van der Waals surface area contributed by atoms with Crippen LogP contribution >= 0.6 is 0 Å². The number of hydrogen-bond acceptors (Lipinski definition) is 10. The number of anilines is 1. The van der Waals surface area contributed by atoms with Gasteiger partial charge in [-0.25, -0.2) is 4.79 Å². The zero-order chi connectivity index (χ0) is 28.2. The van der Waals surface area contributed by atoms with Gasteiger partial charge < -0.3 is 29.0 Å². The molecule has 1 N–H and O–H groups in total. The SMILES string of the molecule is CCCCNc1ccc(C(=O)OCCOCCOCCOCCOCCOS(=O)(=O)c2ccc(C)cc2)cc1. The summed E-state index contributed by atoms with van der Waals surface area (Å²) in [7, 11) is -3.78. The van der Waals surface area contributed by atoms with Crippen molar-refractivity contribution in [1.82, 2.24) is 0 Å². The van der Waals surface area contributed by atoms with E-state index in [1.165, 1.54) is 12.1 Å². The topological polar surface area (TPSA) is 119 Å². The lowest BCUT2D eigenvalue weighted by Gasteiger charge is -2.09. The molecule has 0 radical (unpaired) electrons. The molecule has 2 aromatic rings. The molecule has 39 heavy (non-hydrogen) atoms. The van der Waals surface area contributed by atoms with Gasteiger partial charge in [-0.05, 0) is 49.7 Å². The average molecular weight is 568 g/mol. The lowest BCUT2D eigenvalue weighted by molar-refractivity contribution is -0.0106. The zero-order valence-corrected chi connectivity index (χ0v) is 23.7. The molecule has 0 saturated carbocycles. The van der Waals surface area contributed by atoms with Crippen molar-refractivity contribution >= 4 is 21.8 Å². The number of unbranched alkanes of at least 4 members (excludes halogenated alkanes) is 1. The third kappa shape index (κ3) is 14.4. The highest BCUT2D eigenvalue weighted by Gasteiger charge is 2.14. The molecule has 0 fully saturated rings. The van der Waals surface area contributed by atoms with E-state index in [9.17, 15) is 13.2 Å². The van der Waals surface area contributed by atoms with Gasteiger partial charge in [0.05, 0.1) is 69.9 Å². The maximum Gasteiger partial charge on any atom is 0.338 e. The molecule has 2 aromatic carbocycles. The van der Waals surface area contributed by atoms with Crippen LogP contribution < -0.4 is 5.32 Å². The summed E-state index contributed by atoms with van der Waals surface area (Å²) in [6.07, 6.45) is 2.23. The van der Waals surface area contributed by atoms with Crippen LogP contribution in [0.4, 0.5) is 5.69 Å². The minimum absolute atomic E-state index is 0.0669. The second-order valence-corrected chi connectivity index (χ2v) is 10.1. The molecule has 0 amide bonds. The predicted octanol–water partition coefficient (Wildman–Crippen LogP) is 3.84. The standard InChI is InChI=1S/C28H41NO9S/c1-3-4-13-29-26-9-7-25(8-10-26)28(30)37-22-20-35-18-16-33-14-15-34-17-19-36-21-23-38-39(31,32)27-11-5-24(2)6-12-27/h5-12,29H,3-4,13-23H2,1-2H3. The van der Waals surface area contributed by atoms with Gasteiger partial charge in [0, 0.05) is 12.2 Å². The maximum absolute atomic E-state index is 12.1. The van der Waals surface area contributed by atoms with Gasteiger partial charge >= 0.3 is 5.97 Å². The van der Waals surface area contributed by atoms with E-state index in [0.29, 0.717) is 45.2 Å². The third-order valence-corrected chi connectivity index (χ3v) is 6.66.